The molecule has 4 rings (SSSR count). The summed E-state index contributed by atoms with van der Waals surface area (Å²) >= 11 is 12.9. The van der Waals surface area contributed by atoms with Gasteiger partial charge >= 0.3 is 0 Å². The van der Waals surface area contributed by atoms with Crippen LogP contribution in [0.2, 0.25) is 5.02 Å². The summed E-state index contributed by atoms with van der Waals surface area (Å²) in [6.07, 6.45) is 5.14. The van der Waals surface area contributed by atoms with Gasteiger partial charge in [0.15, 0.2) is 12.4 Å². The van der Waals surface area contributed by atoms with Crippen LogP contribution in [0, 0.1) is 0 Å². The van der Waals surface area contributed by atoms with E-state index >= 15 is 0 Å². The average Bonchev–Trinajstić information content (AvgIpc) is 3.22. The van der Waals surface area contributed by atoms with Crippen molar-refractivity contribution in [2.45, 2.75) is 0 Å². The zero-order chi connectivity index (χ0) is 21.8. The third-order valence-corrected chi connectivity index (χ3v) is 5.87. The smallest absolute Gasteiger partial charge is 0.277 e. The summed E-state index contributed by atoms with van der Waals surface area (Å²) in [5.41, 5.74) is 4.87. The molecule has 31 heavy (non-hydrogen) atoms. The van der Waals surface area contributed by atoms with Crippen molar-refractivity contribution in [1.29, 1.82) is 0 Å². The number of amides is 1. The SMILES string of the molecule is O=C(COc1c(Br)cc(Br)c2cccnc12)N/N=C/c1cccn1-c1ccc(Cl)cc1. The van der Waals surface area contributed by atoms with Crippen LogP contribution in [-0.4, -0.2) is 28.3 Å². The molecule has 1 N–H and O–H groups in total. The van der Waals surface area contributed by atoms with Gasteiger partial charge in [-0.05, 0) is 64.5 Å². The molecule has 2 aromatic carbocycles. The Labute approximate surface area is 200 Å². The highest BCUT2D eigenvalue weighted by Gasteiger charge is 2.13. The molecule has 1 amide bonds. The Kier molecular flexibility index (Phi) is 6.70. The van der Waals surface area contributed by atoms with Crippen LogP contribution in [0.3, 0.4) is 0 Å². The Morgan fingerprint density at radius 3 is 2.77 bits per heavy atom. The molecule has 0 unspecified atom stereocenters. The highest BCUT2D eigenvalue weighted by Crippen LogP contribution is 2.37. The van der Waals surface area contributed by atoms with Crippen molar-refractivity contribution in [3.8, 4) is 11.4 Å². The van der Waals surface area contributed by atoms with Crippen LogP contribution in [0.15, 0.2) is 81.0 Å². The minimum absolute atomic E-state index is 0.207. The Morgan fingerprint density at radius 1 is 1.16 bits per heavy atom. The first-order valence-electron chi connectivity index (χ1n) is 9.13. The highest BCUT2D eigenvalue weighted by molar-refractivity contribution is 9.11. The molecule has 0 spiro atoms. The van der Waals surface area contributed by atoms with Gasteiger partial charge in [0.25, 0.3) is 5.91 Å². The number of nitrogens with zero attached hydrogens (tertiary/aromatic N) is 3. The van der Waals surface area contributed by atoms with E-state index in [4.69, 9.17) is 16.3 Å². The number of halogens is 3. The molecule has 0 radical (unpaired) electrons. The van der Waals surface area contributed by atoms with Crippen LogP contribution < -0.4 is 10.2 Å². The van der Waals surface area contributed by atoms with Crippen LogP contribution in [0.4, 0.5) is 0 Å². The molecule has 0 aliphatic heterocycles. The van der Waals surface area contributed by atoms with Gasteiger partial charge in [0, 0.05) is 33.0 Å². The molecule has 0 aliphatic rings. The Balaban J connectivity index is 1.41. The van der Waals surface area contributed by atoms with Gasteiger partial charge in [0.2, 0.25) is 0 Å². The van der Waals surface area contributed by atoms with E-state index in [0.29, 0.717) is 20.8 Å². The topological polar surface area (TPSA) is 68.5 Å². The molecule has 2 heterocycles. The number of carbonyl (C=O) groups excluding carboxylic acids is 1. The quantitative estimate of drug-likeness (QED) is 0.241. The monoisotopic (exact) mass is 560 g/mol. The summed E-state index contributed by atoms with van der Waals surface area (Å²) < 4.78 is 9.23. The molecule has 9 heteroatoms. The van der Waals surface area contributed by atoms with E-state index in [0.717, 1.165) is 21.2 Å². The maximum absolute atomic E-state index is 12.2. The Hall–Kier alpha value is -2.68. The molecular weight excluding hydrogens is 548 g/mol. The number of fused-ring (bicyclic) bond motifs is 1. The summed E-state index contributed by atoms with van der Waals surface area (Å²) in [5, 5.41) is 5.60. The van der Waals surface area contributed by atoms with Crippen LogP contribution in [0.5, 0.6) is 5.75 Å². The fraction of sp³-hybridized carbons (Fsp3) is 0.0455. The lowest BCUT2D eigenvalue weighted by atomic mass is 10.2. The number of hydrogen-bond donors (Lipinski definition) is 1. The van der Waals surface area contributed by atoms with Crippen molar-refractivity contribution in [3.63, 3.8) is 0 Å². The van der Waals surface area contributed by atoms with Crippen molar-refractivity contribution in [1.82, 2.24) is 15.0 Å². The van der Waals surface area contributed by atoms with E-state index in [1.54, 1.807) is 12.4 Å². The van der Waals surface area contributed by atoms with Crippen molar-refractivity contribution >= 4 is 66.5 Å². The van der Waals surface area contributed by atoms with Gasteiger partial charge in [-0.1, -0.05) is 33.6 Å². The van der Waals surface area contributed by atoms with E-state index in [1.807, 2.05) is 65.4 Å². The minimum atomic E-state index is -0.389. The lowest BCUT2D eigenvalue weighted by molar-refractivity contribution is -0.123. The summed E-state index contributed by atoms with van der Waals surface area (Å²) in [4.78, 5) is 16.6. The molecule has 156 valence electrons. The Morgan fingerprint density at radius 2 is 1.97 bits per heavy atom. The molecule has 0 saturated carbocycles. The maximum Gasteiger partial charge on any atom is 0.277 e. The van der Waals surface area contributed by atoms with Crippen LogP contribution in [0.1, 0.15) is 5.69 Å². The van der Waals surface area contributed by atoms with Crippen molar-refractivity contribution in [2.24, 2.45) is 5.10 Å². The fourth-order valence-electron chi connectivity index (χ4n) is 2.96. The minimum Gasteiger partial charge on any atom is -0.480 e. The second kappa shape index (κ2) is 9.64. The third-order valence-electron chi connectivity index (χ3n) is 4.37. The third kappa shape index (κ3) is 4.98. The Bertz CT molecular complexity index is 1270. The van der Waals surface area contributed by atoms with Gasteiger partial charge in [-0.3, -0.25) is 9.78 Å². The summed E-state index contributed by atoms with van der Waals surface area (Å²) in [5.74, 6) is 0.106. The van der Waals surface area contributed by atoms with E-state index in [-0.39, 0.29) is 12.5 Å². The summed E-state index contributed by atoms with van der Waals surface area (Å²) in [6, 6.07) is 16.8. The van der Waals surface area contributed by atoms with E-state index in [1.165, 1.54) is 0 Å². The molecule has 4 aromatic rings. The predicted molar refractivity (Wildman–Crippen MR) is 129 cm³/mol. The molecule has 0 saturated heterocycles. The first kappa shape index (κ1) is 21.5. The zero-order valence-corrected chi connectivity index (χ0v) is 19.9. The van der Waals surface area contributed by atoms with Gasteiger partial charge in [0.05, 0.1) is 16.4 Å². The number of ether oxygens (including phenoxy) is 1. The molecule has 0 aliphatic carbocycles. The molecule has 6 nitrogen and oxygen atoms in total. The van der Waals surface area contributed by atoms with E-state index in [9.17, 15) is 4.79 Å². The molecule has 0 fully saturated rings. The van der Waals surface area contributed by atoms with Gasteiger partial charge < -0.3 is 9.30 Å². The number of hydrazone groups is 1. The fourth-order valence-corrected chi connectivity index (χ4v) is 4.47. The average molecular weight is 563 g/mol. The van der Waals surface area contributed by atoms with Crippen molar-refractivity contribution < 1.29 is 9.53 Å². The predicted octanol–water partition coefficient (Wildman–Crippen LogP) is 5.73. The summed E-state index contributed by atoms with van der Waals surface area (Å²) in [6.45, 7) is -0.207. The van der Waals surface area contributed by atoms with Gasteiger partial charge in [-0.15, -0.1) is 0 Å². The first-order valence-corrected chi connectivity index (χ1v) is 11.1. The number of carbonyl (C=O) groups is 1. The van der Waals surface area contributed by atoms with Gasteiger partial charge in [-0.2, -0.15) is 5.10 Å². The molecular formula is C22H15Br2ClN4O2. The highest BCUT2D eigenvalue weighted by atomic mass is 79.9. The van der Waals surface area contributed by atoms with Crippen LogP contribution in [-0.2, 0) is 4.79 Å². The van der Waals surface area contributed by atoms with Crippen molar-refractivity contribution in [2.75, 3.05) is 6.61 Å². The lowest BCUT2D eigenvalue weighted by Crippen LogP contribution is -2.25. The van der Waals surface area contributed by atoms with Gasteiger partial charge in [-0.25, -0.2) is 5.43 Å². The number of nitrogens with one attached hydrogen (secondary N) is 1. The second-order valence-corrected chi connectivity index (χ2v) is 8.58. The molecule has 0 atom stereocenters. The van der Waals surface area contributed by atoms with E-state index in [2.05, 4.69) is 47.4 Å². The summed E-state index contributed by atoms with van der Waals surface area (Å²) in [7, 11) is 0. The number of hydrogen-bond acceptors (Lipinski definition) is 4. The standard InChI is InChI=1S/C22H15Br2ClN4O2/c23-18-11-19(24)22(21-17(18)4-1-9-26-21)31-13-20(30)28-27-12-16-3-2-10-29(16)15-7-5-14(25)6-8-15/h1-12H,13H2,(H,28,30)/b27-12+. The van der Waals surface area contributed by atoms with Crippen LogP contribution >= 0.6 is 43.5 Å². The van der Waals surface area contributed by atoms with E-state index < -0.39 is 0 Å². The largest absolute Gasteiger partial charge is 0.480 e. The van der Waals surface area contributed by atoms with Crippen molar-refractivity contribution in [3.05, 3.63) is 86.7 Å². The number of pyridine rings is 1. The zero-order valence-electron chi connectivity index (χ0n) is 15.9. The number of benzene rings is 2. The number of rotatable bonds is 6. The number of aromatic nitrogens is 2. The lowest BCUT2D eigenvalue weighted by Gasteiger charge is -2.11. The first-order chi connectivity index (χ1) is 15.0. The van der Waals surface area contributed by atoms with Gasteiger partial charge in [0.1, 0.15) is 5.52 Å². The second-order valence-electron chi connectivity index (χ2n) is 6.43. The molecule has 0 bridgehead atoms. The normalized spacial score (nSPS) is 11.2. The molecule has 2 aromatic heterocycles. The maximum atomic E-state index is 12.2. The van der Waals surface area contributed by atoms with Crippen LogP contribution in [0.25, 0.3) is 16.6 Å².